The van der Waals surface area contributed by atoms with Crippen LogP contribution in [0.25, 0.3) is 0 Å². The number of nitrogens with zero attached hydrogens (tertiary/aromatic N) is 1. The molecule has 0 aromatic heterocycles. The van der Waals surface area contributed by atoms with E-state index in [-0.39, 0.29) is 0 Å². The number of hydrazone groups is 1. The minimum Gasteiger partial charge on any atom is -0.493 e. The molecule has 0 saturated heterocycles. The second-order valence-corrected chi connectivity index (χ2v) is 3.78. The Bertz CT molecular complexity index is 503. The molecule has 1 aromatic carbocycles. The Hall–Kier alpha value is -2.21. The van der Waals surface area contributed by atoms with Gasteiger partial charge in [-0.15, -0.1) is 0 Å². The number of carbonyl (C=O) groups is 1. The Morgan fingerprint density at radius 1 is 1.63 bits per heavy atom. The van der Waals surface area contributed by atoms with E-state index in [0.29, 0.717) is 28.7 Å². The summed E-state index contributed by atoms with van der Waals surface area (Å²) in [7, 11) is 1.50. The highest BCUT2D eigenvalue weighted by Crippen LogP contribution is 2.35. The standard InChI is InChI=1S/C12H14ClN3O3/c1-3-4-19-11-9(13)5-8(6-10(11)18-2)7-15-16-12(14)17/h3,5-7H,1,4H2,2H3,(H3,14,16,17). The van der Waals surface area contributed by atoms with Crippen molar-refractivity contribution < 1.29 is 14.3 Å². The summed E-state index contributed by atoms with van der Waals surface area (Å²) < 4.78 is 10.6. The molecule has 0 atom stereocenters. The Morgan fingerprint density at radius 2 is 2.37 bits per heavy atom. The van der Waals surface area contributed by atoms with Crippen molar-refractivity contribution >= 4 is 23.8 Å². The van der Waals surface area contributed by atoms with Gasteiger partial charge in [-0.05, 0) is 17.7 Å². The number of methoxy groups -OCH3 is 1. The summed E-state index contributed by atoms with van der Waals surface area (Å²) >= 11 is 6.08. The van der Waals surface area contributed by atoms with Crippen molar-refractivity contribution in [2.45, 2.75) is 0 Å². The first-order valence-corrected chi connectivity index (χ1v) is 5.66. The lowest BCUT2D eigenvalue weighted by atomic mass is 10.2. The summed E-state index contributed by atoms with van der Waals surface area (Å²) in [6.07, 6.45) is 2.98. The zero-order chi connectivity index (χ0) is 14.3. The second-order valence-electron chi connectivity index (χ2n) is 3.37. The summed E-state index contributed by atoms with van der Waals surface area (Å²) in [6, 6.07) is 2.53. The maximum Gasteiger partial charge on any atom is 0.332 e. The van der Waals surface area contributed by atoms with Gasteiger partial charge in [-0.3, -0.25) is 0 Å². The van der Waals surface area contributed by atoms with Gasteiger partial charge < -0.3 is 15.2 Å². The van der Waals surface area contributed by atoms with Crippen LogP contribution in [-0.2, 0) is 0 Å². The van der Waals surface area contributed by atoms with Gasteiger partial charge in [0.2, 0.25) is 0 Å². The van der Waals surface area contributed by atoms with E-state index < -0.39 is 6.03 Å². The number of carbonyl (C=O) groups excluding carboxylic acids is 1. The molecule has 0 radical (unpaired) electrons. The molecule has 7 heteroatoms. The molecule has 3 N–H and O–H groups in total. The average molecular weight is 284 g/mol. The molecule has 1 rings (SSSR count). The van der Waals surface area contributed by atoms with Crippen molar-refractivity contribution in [2.24, 2.45) is 10.8 Å². The molecule has 0 unspecified atom stereocenters. The van der Waals surface area contributed by atoms with Crippen LogP contribution in [0.3, 0.4) is 0 Å². The minimum atomic E-state index is -0.750. The van der Waals surface area contributed by atoms with Crippen LogP contribution in [0.5, 0.6) is 11.5 Å². The van der Waals surface area contributed by atoms with Crippen LogP contribution < -0.4 is 20.6 Å². The van der Waals surface area contributed by atoms with Gasteiger partial charge in [0, 0.05) is 0 Å². The number of halogens is 1. The maximum atomic E-state index is 10.5. The molecule has 0 aliphatic carbocycles. The zero-order valence-corrected chi connectivity index (χ0v) is 11.1. The monoisotopic (exact) mass is 283 g/mol. The number of primary amides is 1. The van der Waals surface area contributed by atoms with E-state index in [2.05, 4.69) is 17.1 Å². The van der Waals surface area contributed by atoms with Gasteiger partial charge in [0.05, 0.1) is 18.3 Å². The van der Waals surface area contributed by atoms with Gasteiger partial charge in [-0.2, -0.15) is 5.10 Å². The molecule has 1 aromatic rings. The van der Waals surface area contributed by atoms with Gasteiger partial charge in [0.1, 0.15) is 6.61 Å². The summed E-state index contributed by atoms with van der Waals surface area (Å²) in [6.45, 7) is 3.87. The molecule has 0 heterocycles. The van der Waals surface area contributed by atoms with Crippen molar-refractivity contribution in [2.75, 3.05) is 13.7 Å². The number of nitrogens with one attached hydrogen (secondary N) is 1. The number of urea groups is 1. The predicted molar refractivity (Wildman–Crippen MR) is 74.0 cm³/mol. The lowest BCUT2D eigenvalue weighted by Crippen LogP contribution is -2.24. The maximum absolute atomic E-state index is 10.5. The first-order chi connectivity index (χ1) is 9.08. The third kappa shape index (κ3) is 4.51. The van der Waals surface area contributed by atoms with Crippen LogP contribution in [0.2, 0.25) is 5.02 Å². The van der Waals surface area contributed by atoms with Crippen LogP contribution in [0, 0.1) is 0 Å². The fourth-order valence-corrected chi connectivity index (χ4v) is 1.54. The molecule has 0 aliphatic heterocycles. The van der Waals surface area contributed by atoms with Crippen LogP contribution in [0.1, 0.15) is 5.56 Å². The normalized spacial score (nSPS) is 10.2. The molecule has 2 amide bonds. The number of nitrogens with two attached hydrogens (primary N) is 1. The van der Waals surface area contributed by atoms with Crippen molar-refractivity contribution in [1.82, 2.24) is 5.43 Å². The highest BCUT2D eigenvalue weighted by molar-refractivity contribution is 6.32. The number of benzene rings is 1. The lowest BCUT2D eigenvalue weighted by molar-refractivity contribution is 0.249. The highest BCUT2D eigenvalue weighted by Gasteiger charge is 2.10. The highest BCUT2D eigenvalue weighted by atomic mass is 35.5. The van der Waals surface area contributed by atoms with Gasteiger partial charge in [0.15, 0.2) is 11.5 Å². The molecule has 0 aliphatic rings. The van der Waals surface area contributed by atoms with Crippen molar-refractivity contribution in [1.29, 1.82) is 0 Å². The number of rotatable bonds is 6. The van der Waals surface area contributed by atoms with Crippen molar-refractivity contribution in [3.8, 4) is 11.5 Å². The third-order valence-electron chi connectivity index (χ3n) is 1.99. The molecule has 6 nitrogen and oxygen atoms in total. The van der Waals surface area contributed by atoms with E-state index in [1.807, 2.05) is 0 Å². The third-order valence-corrected chi connectivity index (χ3v) is 2.27. The van der Waals surface area contributed by atoms with Crippen molar-refractivity contribution in [3.63, 3.8) is 0 Å². The Balaban J connectivity index is 2.98. The van der Waals surface area contributed by atoms with E-state index in [4.69, 9.17) is 26.8 Å². The Kier molecular flexibility index (Phi) is 5.69. The molecule has 102 valence electrons. The van der Waals surface area contributed by atoms with E-state index in [9.17, 15) is 4.79 Å². The summed E-state index contributed by atoms with van der Waals surface area (Å²) in [4.78, 5) is 10.5. The number of amides is 2. The summed E-state index contributed by atoms with van der Waals surface area (Å²) in [5.41, 5.74) is 7.58. The second kappa shape index (κ2) is 7.27. The fraction of sp³-hybridized carbons (Fsp3) is 0.167. The first kappa shape index (κ1) is 14.8. The molecule has 0 saturated carbocycles. The first-order valence-electron chi connectivity index (χ1n) is 5.28. The minimum absolute atomic E-state index is 0.312. The van der Waals surface area contributed by atoms with Gasteiger partial charge in [-0.1, -0.05) is 24.3 Å². The van der Waals surface area contributed by atoms with E-state index in [0.717, 1.165) is 0 Å². The van der Waals surface area contributed by atoms with Crippen LogP contribution >= 0.6 is 11.6 Å². The van der Waals surface area contributed by atoms with E-state index in [1.54, 1.807) is 18.2 Å². The van der Waals surface area contributed by atoms with Crippen LogP contribution in [0.15, 0.2) is 29.9 Å². The summed E-state index contributed by atoms with van der Waals surface area (Å²) in [5.74, 6) is 0.874. The van der Waals surface area contributed by atoms with Gasteiger partial charge in [0.25, 0.3) is 0 Å². The molecule has 19 heavy (non-hydrogen) atoms. The summed E-state index contributed by atoms with van der Waals surface area (Å²) in [5, 5.41) is 3.99. The van der Waals surface area contributed by atoms with Crippen molar-refractivity contribution in [3.05, 3.63) is 35.4 Å². The largest absolute Gasteiger partial charge is 0.493 e. The lowest BCUT2D eigenvalue weighted by Gasteiger charge is -2.11. The molecule has 0 spiro atoms. The van der Waals surface area contributed by atoms with Gasteiger partial charge in [-0.25, -0.2) is 10.2 Å². The quantitative estimate of drug-likeness (QED) is 0.475. The molecule has 0 fully saturated rings. The average Bonchev–Trinajstić information content (AvgIpc) is 2.36. The predicted octanol–water partition coefficient (Wildman–Crippen LogP) is 1.92. The molecule has 0 bridgehead atoms. The SMILES string of the molecule is C=CCOc1c(Cl)cc(C=NNC(N)=O)cc1OC. The van der Waals surface area contributed by atoms with E-state index in [1.165, 1.54) is 13.3 Å². The van der Waals surface area contributed by atoms with Gasteiger partial charge >= 0.3 is 6.03 Å². The van der Waals surface area contributed by atoms with Crippen LogP contribution in [-0.4, -0.2) is 26.0 Å². The zero-order valence-electron chi connectivity index (χ0n) is 10.4. The number of ether oxygens (including phenoxy) is 2. The fourth-order valence-electron chi connectivity index (χ4n) is 1.27. The molecular weight excluding hydrogens is 270 g/mol. The number of hydrogen-bond acceptors (Lipinski definition) is 4. The van der Waals surface area contributed by atoms with Crippen LogP contribution in [0.4, 0.5) is 4.79 Å². The number of hydrogen-bond donors (Lipinski definition) is 2. The molecular formula is C12H14ClN3O3. The topological polar surface area (TPSA) is 85.9 Å². The smallest absolute Gasteiger partial charge is 0.332 e. The van der Waals surface area contributed by atoms with E-state index >= 15 is 0 Å². The Labute approximate surface area is 115 Å². The Morgan fingerprint density at radius 3 is 2.95 bits per heavy atom.